The monoisotopic (exact) mass is 176 g/mol. The topological polar surface area (TPSA) is 17.1 Å². The molecule has 0 radical (unpaired) electrons. The van der Waals surface area contributed by atoms with Gasteiger partial charge in [-0.2, -0.15) is 0 Å². The Kier molecular flexibility index (Phi) is 2.62. The number of hydrogen-bond donors (Lipinski definition) is 0. The summed E-state index contributed by atoms with van der Waals surface area (Å²) in [5.41, 5.74) is 0. The molecule has 0 saturated carbocycles. The lowest BCUT2D eigenvalue weighted by molar-refractivity contribution is -0.124. The normalized spacial score (nSPS) is 33.7. The zero-order valence-corrected chi connectivity index (χ0v) is 7.91. The van der Waals surface area contributed by atoms with Gasteiger partial charge in [0, 0.05) is 12.3 Å². The highest BCUT2D eigenvalue weighted by atomic mass is 16.1. The molecule has 0 fully saturated rings. The fourth-order valence-electron chi connectivity index (χ4n) is 2.36. The molecule has 0 spiro atoms. The first-order valence-corrected chi connectivity index (χ1v) is 5.20. The van der Waals surface area contributed by atoms with Crippen molar-refractivity contribution in [1.82, 2.24) is 0 Å². The quantitative estimate of drug-likeness (QED) is 0.561. The van der Waals surface area contributed by atoms with Crippen molar-refractivity contribution in [3.8, 4) is 0 Å². The van der Waals surface area contributed by atoms with Gasteiger partial charge in [0.2, 0.25) is 0 Å². The molecule has 0 amide bonds. The van der Waals surface area contributed by atoms with Gasteiger partial charge in [-0.05, 0) is 31.6 Å². The molecule has 0 aromatic carbocycles. The molecule has 2 rings (SSSR count). The molecule has 0 aromatic rings. The second-order valence-electron chi connectivity index (χ2n) is 4.03. The number of carbonyl (C=O) groups excluding carboxylic acids is 1. The van der Waals surface area contributed by atoms with Gasteiger partial charge >= 0.3 is 0 Å². The van der Waals surface area contributed by atoms with Crippen molar-refractivity contribution < 1.29 is 4.79 Å². The van der Waals surface area contributed by atoms with E-state index in [1.165, 1.54) is 6.42 Å². The molecule has 0 bridgehead atoms. The van der Waals surface area contributed by atoms with Crippen molar-refractivity contribution in [2.24, 2.45) is 11.8 Å². The fourth-order valence-corrected chi connectivity index (χ4v) is 2.36. The van der Waals surface area contributed by atoms with Gasteiger partial charge in [0.05, 0.1) is 0 Å². The van der Waals surface area contributed by atoms with Crippen LogP contribution in [0.1, 0.15) is 32.1 Å². The zero-order valence-electron chi connectivity index (χ0n) is 7.91. The summed E-state index contributed by atoms with van der Waals surface area (Å²) >= 11 is 0. The first kappa shape index (κ1) is 8.74. The summed E-state index contributed by atoms with van der Waals surface area (Å²) in [6, 6.07) is 0. The zero-order chi connectivity index (χ0) is 9.10. The summed E-state index contributed by atoms with van der Waals surface area (Å²) in [7, 11) is 0. The van der Waals surface area contributed by atoms with E-state index in [0.29, 0.717) is 24.0 Å². The van der Waals surface area contributed by atoms with E-state index in [0.717, 1.165) is 19.3 Å². The van der Waals surface area contributed by atoms with Gasteiger partial charge in [0.1, 0.15) is 5.78 Å². The molecular formula is C12H16O. The maximum atomic E-state index is 11.6. The van der Waals surface area contributed by atoms with Crippen LogP contribution in [0.4, 0.5) is 0 Å². The number of allylic oxidation sites excluding steroid dienone is 4. The predicted octanol–water partition coefficient (Wildman–Crippen LogP) is 2.88. The molecule has 2 aliphatic rings. The van der Waals surface area contributed by atoms with E-state index in [2.05, 4.69) is 18.2 Å². The third-order valence-electron chi connectivity index (χ3n) is 3.17. The Morgan fingerprint density at radius 3 is 2.62 bits per heavy atom. The van der Waals surface area contributed by atoms with Crippen molar-refractivity contribution in [2.45, 2.75) is 32.1 Å². The van der Waals surface area contributed by atoms with Crippen molar-refractivity contribution >= 4 is 5.78 Å². The van der Waals surface area contributed by atoms with Crippen molar-refractivity contribution in [2.75, 3.05) is 0 Å². The molecular weight excluding hydrogens is 160 g/mol. The minimum atomic E-state index is 0.329. The van der Waals surface area contributed by atoms with E-state index in [-0.39, 0.29) is 0 Å². The van der Waals surface area contributed by atoms with E-state index in [1.807, 2.05) is 6.08 Å². The van der Waals surface area contributed by atoms with E-state index in [1.54, 1.807) is 0 Å². The van der Waals surface area contributed by atoms with Crippen LogP contribution in [0.3, 0.4) is 0 Å². The maximum Gasteiger partial charge on any atom is 0.140 e. The summed E-state index contributed by atoms with van der Waals surface area (Å²) in [6.45, 7) is 0. The third kappa shape index (κ3) is 1.90. The Balaban J connectivity index is 2.02. The summed E-state index contributed by atoms with van der Waals surface area (Å²) in [5, 5.41) is 0. The largest absolute Gasteiger partial charge is 0.299 e. The van der Waals surface area contributed by atoms with Crippen molar-refractivity contribution in [1.29, 1.82) is 0 Å². The van der Waals surface area contributed by atoms with Crippen LogP contribution in [0.25, 0.3) is 0 Å². The van der Waals surface area contributed by atoms with Crippen LogP contribution in [-0.4, -0.2) is 5.78 Å². The third-order valence-corrected chi connectivity index (χ3v) is 3.17. The maximum absolute atomic E-state index is 11.6. The van der Waals surface area contributed by atoms with E-state index >= 15 is 0 Å². The summed E-state index contributed by atoms with van der Waals surface area (Å²) in [5.74, 6) is 1.42. The average Bonchev–Trinajstić information content (AvgIpc) is 2.20. The van der Waals surface area contributed by atoms with Crippen LogP contribution in [0.5, 0.6) is 0 Å². The number of rotatable bonds is 1. The van der Waals surface area contributed by atoms with Gasteiger partial charge < -0.3 is 0 Å². The lowest BCUT2D eigenvalue weighted by atomic mass is 9.76. The number of hydrogen-bond acceptors (Lipinski definition) is 1. The predicted molar refractivity (Wildman–Crippen MR) is 53.4 cm³/mol. The molecule has 1 heteroatoms. The molecule has 2 aliphatic carbocycles. The fraction of sp³-hybridized carbons (Fsp3) is 0.583. The minimum Gasteiger partial charge on any atom is -0.299 e. The van der Waals surface area contributed by atoms with Gasteiger partial charge in [0.15, 0.2) is 0 Å². The molecule has 0 N–H and O–H groups in total. The van der Waals surface area contributed by atoms with Crippen LogP contribution in [0.2, 0.25) is 0 Å². The number of ketones is 1. The first-order chi connectivity index (χ1) is 6.38. The Bertz CT molecular complexity index is 250. The molecule has 1 nitrogen and oxygen atoms in total. The summed E-state index contributed by atoms with van der Waals surface area (Å²) in [6.07, 6.45) is 13.8. The van der Waals surface area contributed by atoms with Gasteiger partial charge in [0.25, 0.3) is 0 Å². The highest BCUT2D eigenvalue weighted by molar-refractivity contribution is 5.83. The van der Waals surface area contributed by atoms with Gasteiger partial charge in [-0.25, -0.2) is 0 Å². The van der Waals surface area contributed by atoms with E-state index < -0.39 is 0 Å². The highest BCUT2D eigenvalue weighted by Crippen LogP contribution is 2.31. The van der Waals surface area contributed by atoms with Gasteiger partial charge in [-0.3, -0.25) is 4.79 Å². The Morgan fingerprint density at radius 2 is 1.92 bits per heavy atom. The minimum absolute atomic E-state index is 0.329. The Hall–Kier alpha value is -0.850. The molecule has 13 heavy (non-hydrogen) atoms. The lowest BCUT2D eigenvalue weighted by Crippen LogP contribution is -2.25. The molecule has 70 valence electrons. The summed E-state index contributed by atoms with van der Waals surface area (Å²) < 4.78 is 0. The van der Waals surface area contributed by atoms with Crippen LogP contribution >= 0.6 is 0 Å². The first-order valence-electron chi connectivity index (χ1n) is 5.20. The lowest BCUT2D eigenvalue weighted by Gasteiger charge is -2.27. The van der Waals surface area contributed by atoms with Crippen LogP contribution < -0.4 is 0 Å². The number of Topliss-reactive ketones (excluding diaryl/α,β-unsaturated/α-hetero) is 1. The van der Waals surface area contributed by atoms with Crippen LogP contribution in [-0.2, 0) is 4.79 Å². The Labute approximate surface area is 79.5 Å². The SMILES string of the molecule is O=C1CC=CCC1C1CC=CCC1. The second-order valence-corrected chi connectivity index (χ2v) is 4.03. The standard InChI is InChI=1S/C12H16O/c13-12-9-5-4-8-11(12)10-6-2-1-3-7-10/h1-2,4-5,10-11H,3,6-9H2. The molecule has 0 heterocycles. The van der Waals surface area contributed by atoms with Gasteiger partial charge in [-0.15, -0.1) is 0 Å². The smallest absolute Gasteiger partial charge is 0.140 e. The molecule has 2 unspecified atom stereocenters. The van der Waals surface area contributed by atoms with E-state index in [9.17, 15) is 4.79 Å². The summed E-state index contributed by atoms with van der Waals surface area (Å²) in [4.78, 5) is 11.6. The van der Waals surface area contributed by atoms with Crippen molar-refractivity contribution in [3.63, 3.8) is 0 Å². The average molecular weight is 176 g/mol. The highest BCUT2D eigenvalue weighted by Gasteiger charge is 2.27. The van der Waals surface area contributed by atoms with Crippen LogP contribution in [0.15, 0.2) is 24.3 Å². The van der Waals surface area contributed by atoms with Crippen molar-refractivity contribution in [3.05, 3.63) is 24.3 Å². The molecule has 0 aromatic heterocycles. The van der Waals surface area contributed by atoms with Crippen LogP contribution in [0, 0.1) is 11.8 Å². The molecule has 2 atom stereocenters. The van der Waals surface area contributed by atoms with E-state index in [4.69, 9.17) is 0 Å². The Morgan fingerprint density at radius 1 is 1.08 bits per heavy atom. The second kappa shape index (κ2) is 3.91. The molecule has 0 aliphatic heterocycles. The molecule has 0 saturated heterocycles. The number of carbonyl (C=O) groups is 1. The van der Waals surface area contributed by atoms with Gasteiger partial charge in [-0.1, -0.05) is 24.3 Å².